The lowest BCUT2D eigenvalue weighted by Crippen LogP contribution is -2.30. The molecular formula is C24H44N2O4. The van der Waals surface area contributed by atoms with Crippen molar-refractivity contribution in [2.24, 2.45) is 0 Å². The molecule has 2 N–H and O–H groups in total. The van der Waals surface area contributed by atoms with E-state index < -0.39 is 0 Å². The van der Waals surface area contributed by atoms with E-state index in [1.165, 1.54) is 64.2 Å². The Bertz CT molecular complexity index is 414. The molecule has 0 aromatic rings. The van der Waals surface area contributed by atoms with Crippen molar-refractivity contribution < 1.29 is 19.1 Å². The van der Waals surface area contributed by atoms with Gasteiger partial charge in [0.1, 0.15) is 12.2 Å². The van der Waals surface area contributed by atoms with Crippen LogP contribution < -0.4 is 10.6 Å². The number of carbonyl (C=O) groups is 2. The van der Waals surface area contributed by atoms with Crippen molar-refractivity contribution in [3.63, 3.8) is 0 Å². The van der Waals surface area contributed by atoms with E-state index in [0.29, 0.717) is 13.1 Å². The van der Waals surface area contributed by atoms with Gasteiger partial charge in [0.25, 0.3) is 0 Å². The third-order valence-corrected chi connectivity index (χ3v) is 6.29. The van der Waals surface area contributed by atoms with Crippen LogP contribution in [0.15, 0.2) is 0 Å². The van der Waals surface area contributed by atoms with E-state index >= 15 is 0 Å². The minimum absolute atomic E-state index is 0.0959. The van der Waals surface area contributed by atoms with E-state index in [0.717, 1.165) is 51.4 Å². The van der Waals surface area contributed by atoms with Crippen LogP contribution in [-0.4, -0.2) is 37.5 Å². The molecular weight excluding hydrogens is 380 g/mol. The number of amides is 2. The standard InChI is InChI=1S/C24H44N2O4/c27-23(29-21-15-9-3-1-4-10-16-21)25-19-13-7-8-14-20-26-24(28)30-22-17-11-5-2-6-12-18-22/h21-22H,1-20H2,(H,25,27)(H,26,28). The second-order valence-corrected chi connectivity index (χ2v) is 9.01. The lowest BCUT2D eigenvalue weighted by atomic mass is 9.99. The first-order chi connectivity index (χ1) is 14.7. The zero-order valence-electron chi connectivity index (χ0n) is 18.9. The molecule has 2 amide bonds. The molecule has 2 aliphatic carbocycles. The van der Waals surface area contributed by atoms with Gasteiger partial charge in [0.05, 0.1) is 0 Å². The van der Waals surface area contributed by atoms with Crippen LogP contribution in [0, 0.1) is 0 Å². The maximum Gasteiger partial charge on any atom is 0.407 e. The highest BCUT2D eigenvalue weighted by molar-refractivity contribution is 5.67. The molecule has 0 radical (unpaired) electrons. The summed E-state index contributed by atoms with van der Waals surface area (Å²) in [6, 6.07) is 0. The molecule has 0 aromatic heterocycles. The Kier molecular flexibility index (Phi) is 13.4. The molecule has 174 valence electrons. The second kappa shape index (κ2) is 16.3. The van der Waals surface area contributed by atoms with Crippen molar-refractivity contribution >= 4 is 12.2 Å². The molecule has 0 aliphatic heterocycles. The summed E-state index contributed by atoms with van der Waals surface area (Å²) in [4.78, 5) is 23.9. The van der Waals surface area contributed by atoms with Crippen molar-refractivity contribution in [1.29, 1.82) is 0 Å². The van der Waals surface area contributed by atoms with E-state index in [9.17, 15) is 9.59 Å². The fourth-order valence-corrected chi connectivity index (χ4v) is 4.44. The minimum atomic E-state index is -0.265. The predicted octanol–water partition coefficient (Wildman–Crippen LogP) is 6.23. The molecule has 30 heavy (non-hydrogen) atoms. The van der Waals surface area contributed by atoms with E-state index in [1.807, 2.05) is 0 Å². The summed E-state index contributed by atoms with van der Waals surface area (Å²) in [6.45, 7) is 1.31. The van der Waals surface area contributed by atoms with Crippen LogP contribution in [0.2, 0.25) is 0 Å². The fourth-order valence-electron chi connectivity index (χ4n) is 4.44. The van der Waals surface area contributed by atoms with E-state index in [1.54, 1.807) is 0 Å². The Morgan fingerprint density at radius 2 is 0.867 bits per heavy atom. The van der Waals surface area contributed by atoms with Crippen LogP contribution in [-0.2, 0) is 9.47 Å². The first kappa shape index (κ1) is 24.8. The highest BCUT2D eigenvalue weighted by Gasteiger charge is 2.16. The fraction of sp³-hybridized carbons (Fsp3) is 0.917. The molecule has 0 aromatic carbocycles. The van der Waals surface area contributed by atoms with Gasteiger partial charge in [-0.1, -0.05) is 51.4 Å². The van der Waals surface area contributed by atoms with Gasteiger partial charge in [0.2, 0.25) is 0 Å². The van der Waals surface area contributed by atoms with Gasteiger partial charge in [-0.3, -0.25) is 0 Å². The first-order valence-corrected chi connectivity index (χ1v) is 12.6. The molecule has 0 spiro atoms. The zero-order valence-corrected chi connectivity index (χ0v) is 18.9. The molecule has 0 unspecified atom stereocenters. The van der Waals surface area contributed by atoms with Gasteiger partial charge >= 0.3 is 12.2 Å². The van der Waals surface area contributed by atoms with Crippen molar-refractivity contribution in [2.75, 3.05) is 13.1 Å². The summed E-state index contributed by atoms with van der Waals surface area (Å²) < 4.78 is 11.1. The Morgan fingerprint density at radius 3 is 1.23 bits per heavy atom. The van der Waals surface area contributed by atoms with Gasteiger partial charge in [0.15, 0.2) is 0 Å². The minimum Gasteiger partial charge on any atom is -0.446 e. The molecule has 6 nitrogen and oxygen atoms in total. The first-order valence-electron chi connectivity index (χ1n) is 12.6. The molecule has 0 saturated heterocycles. The number of rotatable bonds is 9. The molecule has 2 rings (SSSR count). The lowest BCUT2D eigenvalue weighted by Gasteiger charge is -2.20. The summed E-state index contributed by atoms with van der Waals surface area (Å²) in [5, 5.41) is 5.76. The van der Waals surface area contributed by atoms with E-state index in [4.69, 9.17) is 9.47 Å². The van der Waals surface area contributed by atoms with Gasteiger partial charge in [0, 0.05) is 13.1 Å². The number of nitrogens with one attached hydrogen (secondary N) is 2. The van der Waals surface area contributed by atoms with Gasteiger partial charge in [-0.05, 0) is 64.2 Å². The maximum absolute atomic E-state index is 11.9. The number of unbranched alkanes of at least 4 members (excludes halogenated alkanes) is 3. The van der Waals surface area contributed by atoms with Gasteiger partial charge < -0.3 is 20.1 Å². The Hall–Kier alpha value is -1.46. The van der Waals surface area contributed by atoms with Crippen LogP contribution >= 0.6 is 0 Å². The number of alkyl carbamates (subject to hydrolysis) is 2. The topological polar surface area (TPSA) is 76.7 Å². The number of hydrogen-bond donors (Lipinski definition) is 2. The second-order valence-electron chi connectivity index (χ2n) is 9.01. The van der Waals surface area contributed by atoms with Gasteiger partial charge in [-0.2, -0.15) is 0 Å². The SMILES string of the molecule is O=C(NCCCCCCNC(=O)OC1CCCCCCC1)OC1CCCCCCC1. The summed E-state index contributed by atoms with van der Waals surface area (Å²) >= 11 is 0. The molecule has 6 heteroatoms. The Labute approximate surface area is 183 Å². The maximum atomic E-state index is 11.9. The van der Waals surface area contributed by atoms with Gasteiger partial charge in [-0.25, -0.2) is 9.59 Å². The molecule has 0 atom stereocenters. The Balaban J connectivity index is 1.40. The molecule has 2 aliphatic rings. The third-order valence-electron chi connectivity index (χ3n) is 6.29. The number of hydrogen-bond acceptors (Lipinski definition) is 4. The van der Waals surface area contributed by atoms with Crippen LogP contribution in [0.5, 0.6) is 0 Å². The van der Waals surface area contributed by atoms with Crippen LogP contribution in [0.3, 0.4) is 0 Å². The Morgan fingerprint density at radius 1 is 0.533 bits per heavy atom. The van der Waals surface area contributed by atoms with Crippen molar-refractivity contribution in [1.82, 2.24) is 10.6 Å². The average Bonchev–Trinajstić information content (AvgIpc) is 2.68. The van der Waals surface area contributed by atoms with Crippen molar-refractivity contribution in [3.8, 4) is 0 Å². The monoisotopic (exact) mass is 424 g/mol. The average molecular weight is 425 g/mol. The summed E-state index contributed by atoms with van der Waals surface area (Å²) in [7, 11) is 0. The quantitative estimate of drug-likeness (QED) is 0.430. The molecule has 2 fully saturated rings. The molecule has 0 heterocycles. The van der Waals surface area contributed by atoms with Crippen LogP contribution in [0.25, 0.3) is 0 Å². The normalized spacial score (nSPS) is 19.6. The smallest absolute Gasteiger partial charge is 0.407 e. The van der Waals surface area contributed by atoms with E-state index in [2.05, 4.69) is 10.6 Å². The van der Waals surface area contributed by atoms with Crippen molar-refractivity contribution in [3.05, 3.63) is 0 Å². The highest BCUT2D eigenvalue weighted by atomic mass is 16.6. The summed E-state index contributed by atoms with van der Waals surface area (Å²) in [5.41, 5.74) is 0. The summed E-state index contributed by atoms with van der Waals surface area (Å²) in [6.07, 6.45) is 19.9. The van der Waals surface area contributed by atoms with Crippen LogP contribution in [0.1, 0.15) is 116 Å². The third kappa shape index (κ3) is 12.3. The highest BCUT2D eigenvalue weighted by Crippen LogP contribution is 2.20. The molecule has 0 bridgehead atoms. The lowest BCUT2D eigenvalue weighted by molar-refractivity contribution is 0.0806. The number of carbonyl (C=O) groups excluding carboxylic acids is 2. The van der Waals surface area contributed by atoms with Gasteiger partial charge in [-0.15, -0.1) is 0 Å². The zero-order chi connectivity index (χ0) is 21.3. The predicted molar refractivity (Wildman–Crippen MR) is 120 cm³/mol. The summed E-state index contributed by atoms with van der Waals surface area (Å²) in [5.74, 6) is 0. The van der Waals surface area contributed by atoms with E-state index in [-0.39, 0.29) is 24.4 Å². The molecule has 2 saturated carbocycles. The largest absolute Gasteiger partial charge is 0.446 e. The number of ether oxygens (including phenoxy) is 2. The van der Waals surface area contributed by atoms with Crippen molar-refractivity contribution in [2.45, 2.75) is 128 Å². The van der Waals surface area contributed by atoms with Crippen LogP contribution in [0.4, 0.5) is 9.59 Å².